The second-order valence-corrected chi connectivity index (χ2v) is 3.04. The van der Waals surface area contributed by atoms with E-state index in [-0.39, 0.29) is 12.5 Å². The molecular formula is C9H21NO3. The third kappa shape index (κ3) is 8.18. The number of hydrogen-bond donors (Lipinski definition) is 2. The van der Waals surface area contributed by atoms with Crippen LogP contribution in [0.2, 0.25) is 0 Å². The summed E-state index contributed by atoms with van der Waals surface area (Å²) in [5.74, 6) is 0. The molecule has 0 aliphatic carbocycles. The monoisotopic (exact) mass is 191 g/mol. The molecule has 0 aromatic heterocycles. The summed E-state index contributed by atoms with van der Waals surface area (Å²) in [6, 6.07) is 0. The van der Waals surface area contributed by atoms with Gasteiger partial charge in [-0.25, -0.2) is 0 Å². The van der Waals surface area contributed by atoms with Crippen LogP contribution in [0.25, 0.3) is 0 Å². The molecule has 0 amide bonds. The lowest BCUT2D eigenvalue weighted by molar-refractivity contribution is -0.230. The van der Waals surface area contributed by atoms with Gasteiger partial charge in [-0.1, -0.05) is 6.92 Å². The van der Waals surface area contributed by atoms with Crippen LogP contribution >= 0.6 is 0 Å². The lowest BCUT2D eigenvalue weighted by Gasteiger charge is -2.21. The number of aliphatic hydroxyl groups is 1. The molecule has 0 saturated heterocycles. The molecule has 0 aromatic carbocycles. The minimum absolute atomic E-state index is 0.0475. The van der Waals surface area contributed by atoms with Crippen LogP contribution in [-0.2, 0) is 9.47 Å². The van der Waals surface area contributed by atoms with Crippen LogP contribution in [0.1, 0.15) is 34.1 Å². The van der Waals surface area contributed by atoms with Crippen LogP contribution in [0.15, 0.2) is 0 Å². The van der Waals surface area contributed by atoms with E-state index in [1.807, 2.05) is 6.92 Å². The van der Waals surface area contributed by atoms with Crippen LogP contribution in [0.3, 0.4) is 0 Å². The molecule has 0 rings (SSSR count). The van der Waals surface area contributed by atoms with E-state index >= 15 is 0 Å². The van der Waals surface area contributed by atoms with Gasteiger partial charge in [-0.2, -0.15) is 0 Å². The predicted molar refractivity (Wildman–Crippen MR) is 51.1 cm³/mol. The molecule has 0 aliphatic heterocycles. The fraction of sp³-hybridized carbons (Fsp3) is 1.00. The molecule has 3 atom stereocenters. The SMILES string of the molecule is CCCNC(C)OC(C)OC(C)O. The summed E-state index contributed by atoms with van der Waals surface area (Å²) in [5, 5.41) is 12.0. The molecule has 4 nitrogen and oxygen atoms in total. The first-order valence-electron chi connectivity index (χ1n) is 4.78. The second kappa shape index (κ2) is 7.26. The van der Waals surface area contributed by atoms with Crippen LogP contribution in [0.5, 0.6) is 0 Å². The molecule has 80 valence electrons. The number of nitrogens with one attached hydrogen (secondary N) is 1. The quantitative estimate of drug-likeness (QED) is 0.591. The Morgan fingerprint density at radius 3 is 2.31 bits per heavy atom. The molecule has 0 aliphatic rings. The van der Waals surface area contributed by atoms with Gasteiger partial charge in [0.1, 0.15) is 6.23 Å². The number of hydrogen-bond acceptors (Lipinski definition) is 4. The molecule has 0 spiro atoms. The molecule has 4 heteroatoms. The average molecular weight is 191 g/mol. The fourth-order valence-corrected chi connectivity index (χ4v) is 0.993. The summed E-state index contributed by atoms with van der Waals surface area (Å²) in [4.78, 5) is 0. The van der Waals surface area contributed by atoms with Gasteiger partial charge in [-0.05, 0) is 33.7 Å². The summed E-state index contributed by atoms with van der Waals surface area (Å²) in [5.41, 5.74) is 0. The van der Waals surface area contributed by atoms with Crippen molar-refractivity contribution < 1.29 is 14.6 Å². The Labute approximate surface area is 80.2 Å². The Morgan fingerprint density at radius 2 is 1.85 bits per heavy atom. The molecular weight excluding hydrogens is 170 g/mol. The summed E-state index contributed by atoms with van der Waals surface area (Å²) in [6.45, 7) is 8.25. The minimum Gasteiger partial charge on any atom is -0.368 e. The van der Waals surface area contributed by atoms with Gasteiger partial charge in [0.15, 0.2) is 12.6 Å². The zero-order valence-corrected chi connectivity index (χ0v) is 8.91. The normalized spacial score (nSPS) is 18.2. The van der Waals surface area contributed by atoms with Gasteiger partial charge in [0.2, 0.25) is 0 Å². The lowest BCUT2D eigenvalue weighted by atomic mass is 10.4. The highest BCUT2D eigenvalue weighted by atomic mass is 16.7. The van der Waals surface area contributed by atoms with Gasteiger partial charge in [-0.3, -0.25) is 5.32 Å². The van der Waals surface area contributed by atoms with Crippen molar-refractivity contribution in [3.8, 4) is 0 Å². The molecule has 0 bridgehead atoms. The van der Waals surface area contributed by atoms with E-state index in [2.05, 4.69) is 12.2 Å². The summed E-state index contributed by atoms with van der Waals surface area (Å²) >= 11 is 0. The zero-order valence-electron chi connectivity index (χ0n) is 8.91. The number of rotatable bonds is 7. The van der Waals surface area contributed by atoms with Crippen LogP contribution in [0, 0.1) is 0 Å². The zero-order chi connectivity index (χ0) is 10.3. The van der Waals surface area contributed by atoms with E-state index < -0.39 is 6.29 Å². The molecule has 13 heavy (non-hydrogen) atoms. The number of ether oxygens (including phenoxy) is 2. The third-order valence-electron chi connectivity index (χ3n) is 1.47. The van der Waals surface area contributed by atoms with Crippen molar-refractivity contribution in [1.29, 1.82) is 0 Å². The topological polar surface area (TPSA) is 50.7 Å². The van der Waals surface area contributed by atoms with Gasteiger partial charge in [-0.15, -0.1) is 0 Å². The first kappa shape index (κ1) is 12.8. The summed E-state index contributed by atoms with van der Waals surface area (Å²) in [7, 11) is 0. The fourth-order valence-electron chi connectivity index (χ4n) is 0.993. The Hall–Kier alpha value is -0.160. The Bertz CT molecular complexity index is 119. The summed E-state index contributed by atoms with van der Waals surface area (Å²) in [6.07, 6.45) is -0.152. The number of aliphatic hydroxyl groups excluding tert-OH is 1. The van der Waals surface area contributed by atoms with E-state index in [1.54, 1.807) is 13.8 Å². The Morgan fingerprint density at radius 1 is 1.23 bits per heavy atom. The molecule has 0 heterocycles. The van der Waals surface area contributed by atoms with Crippen LogP contribution < -0.4 is 5.32 Å². The largest absolute Gasteiger partial charge is 0.368 e. The van der Waals surface area contributed by atoms with Gasteiger partial charge in [0, 0.05) is 0 Å². The van der Waals surface area contributed by atoms with Gasteiger partial charge >= 0.3 is 0 Å². The average Bonchev–Trinajstić information content (AvgIpc) is 1.98. The maximum absolute atomic E-state index is 8.89. The first-order chi connectivity index (χ1) is 6.06. The second-order valence-electron chi connectivity index (χ2n) is 3.04. The first-order valence-corrected chi connectivity index (χ1v) is 4.78. The standard InChI is InChI=1S/C9H21NO3/c1-5-6-10-7(2)12-9(4)13-8(3)11/h7-11H,5-6H2,1-4H3. The van der Waals surface area contributed by atoms with Crippen molar-refractivity contribution in [1.82, 2.24) is 5.32 Å². The lowest BCUT2D eigenvalue weighted by Crippen LogP contribution is -2.34. The van der Waals surface area contributed by atoms with Gasteiger partial charge in [0.05, 0.1) is 0 Å². The van der Waals surface area contributed by atoms with Crippen LogP contribution in [0.4, 0.5) is 0 Å². The van der Waals surface area contributed by atoms with Crippen molar-refractivity contribution in [2.24, 2.45) is 0 Å². The van der Waals surface area contributed by atoms with Crippen molar-refractivity contribution in [3.63, 3.8) is 0 Å². The van der Waals surface area contributed by atoms with Crippen LogP contribution in [-0.4, -0.2) is 30.5 Å². The van der Waals surface area contributed by atoms with E-state index in [0.717, 1.165) is 13.0 Å². The van der Waals surface area contributed by atoms with E-state index in [4.69, 9.17) is 14.6 Å². The third-order valence-corrected chi connectivity index (χ3v) is 1.47. The molecule has 0 fully saturated rings. The van der Waals surface area contributed by atoms with E-state index in [1.165, 1.54) is 0 Å². The molecule has 3 unspecified atom stereocenters. The van der Waals surface area contributed by atoms with Crippen molar-refractivity contribution in [2.45, 2.75) is 52.9 Å². The highest BCUT2D eigenvalue weighted by molar-refractivity contribution is 4.47. The Kier molecular flexibility index (Phi) is 7.17. The summed E-state index contributed by atoms with van der Waals surface area (Å²) < 4.78 is 10.4. The van der Waals surface area contributed by atoms with Gasteiger partial charge in [0.25, 0.3) is 0 Å². The van der Waals surface area contributed by atoms with E-state index in [9.17, 15) is 0 Å². The van der Waals surface area contributed by atoms with Crippen molar-refractivity contribution >= 4 is 0 Å². The highest BCUT2D eigenvalue weighted by Gasteiger charge is 2.09. The van der Waals surface area contributed by atoms with Crippen molar-refractivity contribution in [3.05, 3.63) is 0 Å². The van der Waals surface area contributed by atoms with Crippen molar-refractivity contribution in [2.75, 3.05) is 6.54 Å². The molecule has 0 saturated carbocycles. The predicted octanol–water partition coefficient (Wildman–Crippen LogP) is 1.05. The maximum Gasteiger partial charge on any atom is 0.160 e. The molecule has 2 N–H and O–H groups in total. The maximum atomic E-state index is 8.89. The smallest absolute Gasteiger partial charge is 0.160 e. The molecule has 0 aromatic rings. The minimum atomic E-state index is -0.784. The highest BCUT2D eigenvalue weighted by Crippen LogP contribution is 2.00. The molecule has 0 radical (unpaired) electrons. The van der Waals surface area contributed by atoms with Gasteiger partial charge < -0.3 is 14.6 Å². The van der Waals surface area contributed by atoms with E-state index in [0.29, 0.717) is 0 Å². The Balaban J connectivity index is 3.46.